The lowest BCUT2D eigenvalue weighted by atomic mass is 9.90. The predicted octanol–water partition coefficient (Wildman–Crippen LogP) is 5.87. The minimum atomic E-state index is -0.554. The van der Waals surface area contributed by atoms with E-state index in [1.165, 1.54) is 0 Å². The van der Waals surface area contributed by atoms with Crippen LogP contribution in [-0.2, 0) is 4.74 Å². The SMILES string of the molecule is COc1ccc(OC)c(NC(=O)c2cnn(-c3ccc(C)cc3C)c2C2CCN(C(=O)OC(C)(C)C)CC2)c1. The van der Waals surface area contributed by atoms with Gasteiger partial charge in [-0.05, 0) is 71.2 Å². The fourth-order valence-corrected chi connectivity index (χ4v) is 4.92. The number of aromatic nitrogens is 2. The molecular formula is C30H38N4O5. The molecule has 1 saturated heterocycles. The Bertz CT molecular complexity index is 1350. The lowest BCUT2D eigenvalue weighted by Crippen LogP contribution is -2.41. The molecule has 0 saturated carbocycles. The molecule has 1 N–H and O–H groups in total. The number of likely N-dealkylation sites (tertiary alicyclic amines) is 1. The van der Waals surface area contributed by atoms with Crippen LogP contribution < -0.4 is 14.8 Å². The van der Waals surface area contributed by atoms with Crippen LogP contribution in [0.15, 0.2) is 42.6 Å². The second kappa shape index (κ2) is 11.4. The van der Waals surface area contributed by atoms with Gasteiger partial charge < -0.3 is 24.4 Å². The van der Waals surface area contributed by atoms with Crippen LogP contribution in [0.5, 0.6) is 11.5 Å². The largest absolute Gasteiger partial charge is 0.497 e. The number of piperidine rings is 1. The maximum absolute atomic E-state index is 13.7. The lowest BCUT2D eigenvalue weighted by Gasteiger charge is -2.34. The van der Waals surface area contributed by atoms with Gasteiger partial charge in [0, 0.05) is 25.1 Å². The summed E-state index contributed by atoms with van der Waals surface area (Å²) in [7, 11) is 3.13. The van der Waals surface area contributed by atoms with Crippen LogP contribution >= 0.6 is 0 Å². The third-order valence-corrected chi connectivity index (χ3v) is 6.82. The Labute approximate surface area is 230 Å². The molecule has 1 aliphatic rings. The molecule has 9 nitrogen and oxygen atoms in total. The van der Waals surface area contributed by atoms with E-state index in [1.54, 1.807) is 43.5 Å². The van der Waals surface area contributed by atoms with E-state index < -0.39 is 5.60 Å². The Kier molecular flexibility index (Phi) is 8.18. The number of hydrogen-bond donors (Lipinski definition) is 1. The van der Waals surface area contributed by atoms with Crippen LogP contribution in [0.4, 0.5) is 10.5 Å². The van der Waals surface area contributed by atoms with Crippen molar-refractivity contribution >= 4 is 17.7 Å². The molecule has 1 aromatic heterocycles. The molecule has 39 heavy (non-hydrogen) atoms. The lowest BCUT2D eigenvalue weighted by molar-refractivity contribution is 0.0203. The van der Waals surface area contributed by atoms with Gasteiger partial charge in [-0.2, -0.15) is 5.10 Å². The van der Waals surface area contributed by atoms with Gasteiger partial charge in [0.05, 0.1) is 43.0 Å². The van der Waals surface area contributed by atoms with Crippen molar-refractivity contribution in [2.24, 2.45) is 0 Å². The number of nitrogens with one attached hydrogen (secondary N) is 1. The summed E-state index contributed by atoms with van der Waals surface area (Å²) in [5.41, 5.74) is 4.39. The fraction of sp³-hybridized carbons (Fsp3) is 0.433. The first-order valence-electron chi connectivity index (χ1n) is 13.2. The molecule has 4 rings (SSSR count). The van der Waals surface area contributed by atoms with E-state index in [1.807, 2.05) is 51.4 Å². The number of aryl methyl sites for hydroxylation is 2. The number of benzene rings is 2. The molecule has 3 aromatic rings. The zero-order valence-electron chi connectivity index (χ0n) is 23.8. The van der Waals surface area contributed by atoms with Crippen molar-refractivity contribution in [1.82, 2.24) is 14.7 Å². The summed E-state index contributed by atoms with van der Waals surface area (Å²) in [5, 5.41) is 7.68. The molecule has 0 spiro atoms. The molecule has 0 radical (unpaired) electrons. The van der Waals surface area contributed by atoms with Crippen molar-refractivity contribution in [1.29, 1.82) is 0 Å². The summed E-state index contributed by atoms with van der Waals surface area (Å²) in [6.07, 6.45) is 2.67. The maximum Gasteiger partial charge on any atom is 0.410 e. The van der Waals surface area contributed by atoms with Gasteiger partial charge in [0.1, 0.15) is 17.1 Å². The van der Waals surface area contributed by atoms with Gasteiger partial charge in [0.25, 0.3) is 5.91 Å². The highest BCUT2D eigenvalue weighted by molar-refractivity contribution is 6.06. The van der Waals surface area contributed by atoms with Gasteiger partial charge in [0.2, 0.25) is 0 Å². The van der Waals surface area contributed by atoms with Gasteiger partial charge in [-0.15, -0.1) is 0 Å². The minimum absolute atomic E-state index is 0.0137. The number of carbonyl (C=O) groups is 2. The smallest absolute Gasteiger partial charge is 0.410 e. The molecule has 1 aliphatic heterocycles. The van der Waals surface area contributed by atoms with Crippen LogP contribution in [0.1, 0.15) is 66.7 Å². The molecule has 9 heteroatoms. The molecule has 208 valence electrons. The molecule has 0 aliphatic carbocycles. The topological polar surface area (TPSA) is 94.9 Å². The Morgan fingerprint density at radius 1 is 1.00 bits per heavy atom. The number of carbonyl (C=O) groups excluding carboxylic acids is 2. The summed E-state index contributed by atoms with van der Waals surface area (Å²) in [6, 6.07) is 11.4. The second-order valence-corrected chi connectivity index (χ2v) is 10.9. The molecule has 0 atom stereocenters. The van der Waals surface area contributed by atoms with Crippen molar-refractivity contribution < 1.29 is 23.8 Å². The third-order valence-electron chi connectivity index (χ3n) is 6.82. The van der Waals surface area contributed by atoms with E-state index in [0.29, 0.717) is 48.7 Å². The first kappa shape index (κ1) is 28.0. The molecule has 0 bridgehead atoms. The van der Waals surface area contributed by atoms with E-state index in [9.17, 15) is 9.59 Å². The van der Waals surface area contributed by atoms with Crippen molar-refractivity contribution in [2.45, 2.75) is 59.0 Å². The van der Waals surface area contributed by atoms with Gasteiger partial charge >= 0.3 is 6.09 Å². The van der Waals surface area contributed by atoms with Crippen molar-refractivity contribution in [2.75, 3.05) is 32.6 Å². The first-order valence-corrected chi connectivity index (χ1v) is 13.2. The molecule has 2 amide bonds. The van der Waals surface area contributed by atoms with E-state index in [-0.39, 0.29) is 17.9 Å². The highest BCUT2D eigenvalue weighted by atomic mass is 16.6. The van der Waals surface area contributed by atoms with E-state index >= 15 is 0 Å². The average molecular weight is 535 g/mol. The summed E-state index contributed by atoms with van der Waals surface area (Å²) in [6.45, 7) is 10.7. The van der Waals surface area contributed by atoms with Crippen LogP contribution in [0.3, 0.4) is 0 Å². The standard InChI is InChI=1S/C30H38N4O5/c1-19-8-10-25(20(2)16-19)34-27(21-12-14-33(15-13-21)29(36)39-30(3,4)5)23(18-31-34)28(35)32-24-17-22(37-6)9-11-26(24)38-7/h8-11,16-18,21H,12-15H2,1-7H3,(H,32,35). The highest BCUT2D eigenvalue weighted by Gasteiger charge is 2.32. The summed E-state index contributed by atoms with van der Waals surface area (Å²) < 4.78 is 18.2. The monoisotopic (exact) mass is 534 g/mol. The molecule has 1 fully saturated rings. The Hall–Kier alpha value is -4.01. The fourth-order valence-electron chi connectivity index (χ4n) is 4.92. The van der Waals surface area contributed by atoms with Gasteiger partial charge in [-0.3, -0.25) is 4.79 Å². The zero-order valence-corrected chi connectivity index (χ0v) is 23.8. The number of rotatable bonds is 6. The van der Waals surface area contributed by atoms with Gasteiger partial charge in [-0.1, -0.05) is 17.7 Å². The van der Waals surface area contributed by atoms with Crippen molar-refractivity contribution in [3.63, 3.8) is 0 Å². The number of anilines is 1. The number of methoxy groups -OCH3 is 2. The minimum Gasteiger partial charge on any atom is -0.497 e. The average Bonchev–Trinajstić information content (AvgIpc) is 3.32. The van der Waals surface area contributed by atoms with Crippen molar-refractivity contribution in [3.05, 3.63) is 65.0 Å². The zero-order chi connectivity index (χ0) is 28.3. The second-order valence-electron chi connectivity index (χ2n) is 10.9. The Morgan fingerprint density at radius 2 is 1.72 bits per heavy atom. The number of hydrogen-bond acceptors (Lipinski definition) is 6. The van der Waals surface area contributed by atoms with Crippen LogP contribution in [0, 0.1) is 13.8 Å². The summed E-state index contributed by atoms with van der Waals surface area (Å²) >= 11 is 0. The van der Waals surface area contributed by atoms with Gasteiger partial charge in [0.15, 0.2) is 0 Å². The molecular weight excluding hydrogens is 496 g/mol. The highest BCUT2D eigenvalue weighted by Crippen LogP contribution is 2.35. The number of amides is 2. The predicted molar refractivity (Wildman–Crippen MR) is 150 cm³/mol. The number of ether oxygens (including phenoxy) is 3. The summed E-state index contributed by atoms with van der Waals surface area (Å²) in [4.78, 5) is 28.1. The van der Waals surface area contributed by atoms with E-state index in [0.717, 1.165) is 22.5 Å². The van der Waals surface area contributed by atoms with E-state index in [4.69, 9.17) is 14.2 Å². The first-order chi connectivity index (χ1) is 18.5. The molecule has 2 heterocycles. The summed E-state index contributed by atoms with van der Waals surface area (Å²) in [5.74, 6) is 0.854. The quantitative estimate of drug-likeness (QED) is 0.425. The van der Waals surface area contributed by atoms with Crippen LogP contribution in [0.2, 0.25) is 0 Å². The van der Waals surface area contributed by atoms with Crippen LogP contribution in [0.25, 0.3) is 5.69 Å². The third kappa shape index (κ3) is 6.35. The van der Waals surface area contributed by atoms with E-state index in [2.05, 4.69) is 16.5 Å². The normalized spacial score (nSPS) is 14.2. The van der Waals surface area contributed by atoms with Crippen LogP contribution in [-0.4, -0.2) is 59.6 Å². The van der Waals surface area contributed by atoms with Gasteiger partial charge in [-0.25, -0.2) is 9.48 Å². The Balaban J connectivity index is 1.68. The Morgan fingerprint density at radius 3 is 2.33 bits per heavy atom. The van der Waals surface area contributed by atoms with Crippen molar-refractivity contribution in [3.8, 4) is 17.2 Å². The molecule has 2 aromatic carbocycles. The molecule has 0 unspecified atom stereocenters. The number of nitrogens with zero attached hydrogens (tertiary/aromatic N) is 3. The maximum atomic E-state index is 13.7.